The van der Waals surface area contributed by atoms with Gasteiger partial charge in [-0.05, 0) is 12.8 Å². The molecule has 2 N–H and O–H groups in total. The van der Waals surface area contributed by atoms with E-state index in [-0.39, 0.29) is 10.6 Å². The molecule has 2 rings (SSSR count). The first-order valence-corrected chi connectivity index (χ1v) is 5.29. The Labute approximate surface area is 68.7 Å². The van der Waals surface area contributed by atoms with Gasteiger partial charge in [-0.3, -0.25) is 9.89 Å². The van der Waals surface area contributed by atoms with E-state index in [9.17, 15) is 13.2 Å². The maximum atomic E-state index is 11.3. The number of hydrogen-bond acceptors (Lipinski definition) is 3. The first kappa shape index (κ1) is 7.60. The van der Waals surface area contributed by atoms with Gasteiger partial charge in [0, 0.05) is 0 Å². The lowest BCUT2D eigenvalue weighted by Gasteiger charge is -2.08. The molecule has 0 aliphatic carbocycles. The minimum Gasteiger partial charge on any atom is -0.301 e. The highest BCUT2D eigenvalue weighted by Crippen LogP contribution is 2.18. The molecule has 0 amide bonds. The van der Waals surface area contributed by atoms with Crippen molar-refractivity contribution in [2.24, 2.45) is 0 Å². The summed E-state index contributed by atoms with van der Waals surface area (Å²) in [7, 11) is -3.30. The van der Waals surface area contributed by atoms with Crippen LogP contribution in [0, 0.1) is 0 Å². The molecular formula is C6H8N2O3S. The normalized spacial score (nSPS) is 20.3. The lowest BCUT2D eigenvalue weighted by atomic mass is 10.2. The van der Waals surface area contributed by atoms with Crippen molar-refractivity contribution in [3.05, 3.63) is 16.0 Å². The van der Waals surface area contributed by atoms with Crippen LogP contribution in [-0.2, 0) is 16.3 Å². The van der Waals surface area contributed by atoms with Gasteiger partial charge in [-0.2, -0.15) is 0 Å². The molecule has 0 radical (unpaired) electrons. The number of H-pyrrole nitrogens is 2. The number of sulfone groups is 1. The topological polar surface area (TPSA) is 82.8 Å². The molecule has 1 aliphatic heterocycles. The lowest BCUT2D eigenvalue weighted by molar-refractivity contribution is 0.585. The summed E-state index contributed by atoms with van der Waals surface area (Å²) in [5.41, 5.74) is -0.00375. The predicted molar refractivity (Wildman–Crippen MR) is 41.8 cm³/mol. The summed E-state index contributed by atoms with van der Waals surface area (Å²) in [6, 6.07) is 0. The van der Waals surface area contributed by atoms with Gasteiger partial charge in [0.2, 0.25) is 0 Å². The zero-order valence-corrected chi connectivity index (χ0v) is 7.07. The molecule has 0 bridgehead atoms. The van der Waals surface area contributed by atoms with E-state index in [1.807, 2.05) is 0 Å². The summed E-state index contributed by atoms with van der Waals surface area (Å²) in [5.74, 6) is 0.0843. The van der Waals surface area contributed by atoms with E-state index in [1.54, 1.807) is 0 Å². The molecule has 6 heteroatoms. The number of hydrogen-bond donors (Lipinski definition) is 2. The first-order chi connectivity index (χ1) is 5.61. The summed E-state index contributed by atoms with van der Waals surface area (Å²) in [6.07, 6.45) is 1.22. The van der Waals surface area contributed by atoms with Crippen LogP contribution in [0.2, 0.25) is 0 Å². The summed E-state index contributed by atoms with van der Waals surface area (Å²) in [5, 5.41) is 4.84. The molecule has 0 spiro atoms. The maximum absolute atomic E-state index is 11.3. The third kappa shape index (κ3) is 0.911. The van der Waals surface area contributed by atoms with Crippen LogP contribution < -0.4 is 5.56 Å². The Morgan fingerprint density at radius 2 is 2.00 bits per heavy atom. The quantitative estimate of drug-likeness (QED) is 0.571. The minimum absolute atomic E-state index is 0.0613. The van der Waals surface area contributed by atoms with E-state index >= 15 is 0 Å². The van der Waals surface area contributed by atoms with Crippen LogP contribution in [-0.4, -0.2) is 24.4 Å². The van der Waals surface area contributed by atoms with Crippen molar-refractivity contribution < 1.29 is 8.42 Å². The average Bonchev–Trinajstić information content (AvgIpc) is 2.32. The molecule has 12 heavy (non-hydrogen) atoms. The molecule has 0 unspecified atom stereocenters. The monoisotopic (exact) mass is 188 g/mol. The van der Waals surface area contributed by atoms with Crippen LogP contribution in [0.4, 0.5) is 0 Å². The second-order valence-corrected chi connectivity index (χ2v) is 4.86. The van der Waals surface area contributed by atoms with Crippen molar-refractivity contribution in [1.82, 2.24) is 10.2 Å². The second-order valence-electron chi connectivity index (χ2n) is 2.81. The highest BCUT2D eigenvalue weighted by molar-refractivity contribution is 7.91. The summed E-state index contributed by atoms with van der Waals surface area (Å²) in [6.45, 7) is 0. The summed E-state index contributed by atoms with van der Waals surface area (Å²) < 4.78 is 22.6. The van der Waals surface area contributed by atoms with E-state index in [1.165, 1.54) is 0 Å². The van der Waals surface area contributed by atoms with Crippen molar-refractivity contribution >= 4 is 9.84 Å². The van der Waals surface area contributed by atoms with Crippen LogP contribution in [0.5, 0.6) is 0 Å². The number of aryl methyl sites for hydroxylation is 1. The molecule has 2 heterocycles. The largest absolute Gasteiger partial charge is 0.301 e. The van der Waals surface area contributed by atoms with Gasteiger partial charge in [-0.1, -0.05) is 0 Å². The Bertz CT molecular complexity index is 453. The van der Waals surface area contributed by atoms with Crippen LogP contribution in [0.1, 0.15) is 12.1 Å². The molecule has 0 saturated carbocycles. The van der Waals surface area contributed by atoms with E-state index in [0.29, 0.717) is 18.5 Å². The Balaban J connectivity index is 2.81. The summed E-state index contributed by atoms with van der Waals surface area (Å²) >= 11 is 0. The molecule has 5 nitrogen and oxygen atoms in total. The molecule has 1 aliphatic rings. The van der Waals surface area contributed by atoms with Crippen LogP contribution in [0.25, 0.3) is 0 Å². The smallest absolute Gasteiger partial charge is 0.283 e. The molecule has 1 aromatic rings. The minimum atomic E-state index is -3.30. The fraction of sp³-hybridized carbons (Fsp3) is 0.500. The molecular weight excluding hydrogens is 180 g/mol. The standard InChI is InChI=1S/C6H8N2O3S/c9-6-5-4(7-8-6)2-1-3-12(5,10)11/h1-3H2,(H2,7,8,9). The van der Waals surface area contributed by atoms with Crippen molar-refractivity contribution in [2.45, 2.75) is 17.7 Å². The van der Waals surface area contributed by atoms with Gasteiger partial charge in [-0.15, -0.1) is 0 Å². The highest BCUT2D eigenvalue weighted by atomic mass is 32.2. The van der Waals surface area contributed by atoms with Gasteiger partial charge >= 0.3 is 0 Å². The summed E-state index contributed by atoms with van der Waals surface area (Å²) in [4.78, 5) is 11.0. The first-order valence-electron chi connectivity index (χ1n) is 3.63. The number of aromatic nitrogens is 2. The zero-order chi connectivity index (χ0) is 8.77. The Morgan fingerprint density at radius 1 is 1.25 bits per heavy atom. The Hall–Kier alpha value is -1.04. The number of nitrogens with one attached hydrogen (secondary N) is 2. The van der Waals surface area contributed by atoms with Gasteiger partial charge < -0.3 is 5.10 Å². The van der Waals surface area contributed by atoms with E-state index in [0.717, 1.165) is 0 Å². The van der Waals surface area contributed by atoms with Gasteiger partial charge in [-0.25, -0.2) is 8.42 Å². The lowest BCUT2D eigenvalue weighted by Crippen LogP contribution is -2.21. The van der Waals surface area contributed by atoms with E-state index < -0.39 is 15.4 Å². The fourth-order valence-corrected chi connectivity index (χ4v) is 3.02. The van der Waals surface area contributed by atoms with Gasteiger partial charge in [0.1, 0.15) is 0 Å². The van der Waals surface area contributed by atoms with E-state index in [4.69, 9.17) is 0 Å². The predicted octanol–water partition coefficient (Wildman–Crippen LogP) is -0.577. The van der Waals surface area contributed by atoms with Crippen LogP contribution >= 0.6 is 0 Å². The molecule has 0 aromatic carbocycles. The second kappa shape index (κ2) is 2.22. The molecule has 0 atom stereocenters. The fourth-order valence-electron chi connectivity index (χ4n) is 1.43. The SMILES string of the molecule is O=c1[nH][nH]c2c1S(=O)(=O)CCC2. The third-order valence-corrected chi connectivity index (χ3v) is 3.84. The van der Waals surface area contributed by atoms with Crippen molar-refractivity contribution in [1.29, 1.82) is 0 Å². The van der Waals surface area contributed by atoms with Crippen molar-refractivity contribution in [3.63, 3.8) is 0 Å². The van der Waals surface area contributed by atoms with E-state index in [2.05, 4.69) is 10.2 Å². The average molecular weight is 188 g/mol. The Morgan fingerprint density at radius 3 is 2.67 bits per heavy atom. The zero-order valence-electron chi connectivity index (χ0n) is 6.25. The number of rotatable bonds is 0. The van der Waals surface area contributed by atoms with Crippen molar-refractivity contribution in [3.8, 4) is 0 Å². The third-order valence-electron chi connectivity index (χ3n) is 1.96. The highest BCUT2D eigenvalue weighted by Gasteiger charge is 2.28. The molecule has 1 aromatic heterocycles. The molecule has 66 valence electrons. The number of aromatic amines is 2. The number of fused-ring (bicyclic) bond motifs is 1. The van der Waals surface area contributed by atoms with Crippen LogP contribution in [0.3, 0.4) is 0 Å². The van der Waals surface area contributed by atoms with Crippen LogP contribution in [0.15, 0.2) is 9.69 Å². The van der Waals surface area contributed by atoms with Gasteiger partial charge in [0.15, 0.2) is 14.7 Å². The van der Waals surface area contributed by atoms with Gasteiger partial charge in [0.25, 0.3) is 5.56 Å². The van der Waals surface area contributed by atoms with Gasteiger partial charge in [0.05, 0.1) is 11.4 Å². The Kier molecular flexibility index (Phi) is 1.41. The maximum Gasteiger partial charge on any atom is 0.283 e. The molecule has 0 saturated heterocycles. The van der Waals surface area contributed by atoms with Crippen molar-refractivity contribution in [2.75, 3.05) is 5.75 Å². The molecule has 0 fully saturated rings.